The van der Waals surface area contributed by atoms with Crippen LogP contribution in [0.25, 0.3) is 0 Å². The van der Waals surface area contributed by atoms with E-state index in [1.807, 2.05) is 0 Å². The first-order valence-electron chi connectivity index (χ1n) is 6.18. The molecule has 1 heterocycles. The highest BCUT2D eigenvalue weighted by Gasteiger charge is 2.12. The van der Waals surface area contributed by atoms with Crippen LogP contribution in [0.1, 0.15) is 59.5 Å². The molecule has 0 aliphatic heterocycles. The van der Waals surface area contributed by atoms with Crippen LogP contribution in [-0.2, 0) is 4.79 Å². The van der Waals surface area contributed by atoms with Crippen LogP contribution < -0.4 is 9.67 Å². The van der Waals surface area contributed by atoms with E-state index in [2.05, 4.69) is 55.6 Å². The van der Waals surface area contributed by atoms with Crippen LogP contribution in [0.2, 0.25) is 0 Å². The zero-order valence-corrected chi connectivity index (χ0v) is 11.5. The van der Waals surface area contributed by atoms with E-state index in [4.69, 9.17) is 9.90 Å². The Morgan fingerprint density at radius 1 is 1.35 bits per heavy atom. The predicted molar refractivity (Wildman–Crippen MR) is 65.3 cm³/mol. The van der Waals surface area contributed by atoms with Crippen LogP contribution >= 0.6 is 0 Å². The van der Waals surface area contributed by atoms with Gasteiger partial charge in [-0.25, -0.2) is 9.13 Å². The van der Waals surface area contributed by atoms with E-state index in [1.165, 1.54) is 12.8 Å². The lowest BCUT2D eigenvalue weighted by Crippen LogP contribution is -2.35. The molecule has 1 aromatic heterocycles. The van der Waals surface area contributed by atoms with Gasteiger partial charge in [0.15, 0.2) is 0 Å². The maximum absolute atomic E-state index is 8.89. The van der Waals surface area contributed by atoms with Gasteiger partial charge < -0.3 is 9.90 Å². The zero-order valence-electron chi connectivity index (χ0n) is 11.5. The lowest BCUT2D eigenvalue weighted by Gasteiger charge is -2.04. The van der Waals surface area contributed by atoms with Crippen molar-refractivity contribution in [1.29, 1.82) is 0 Å². The van der Waals surface area contributed by atoms with Crippen LogP contribution in [0, 0.1) is 0 Å². The second-order valence-corrected chi connectivity index (χ2v) is 4.31. The average Bonchev–Trinajstić information content (AvgIpc) is 2.75. The summed E-state index contributed by atoms with van der Waals surface area (Å²) < 4.78 is 4.57. The molecule has 1 aromatic rings. The highest BCUT2D eigenvalue weighted by Crippen LogP contribution is 2.08. The van der Waals surface area contributed by atoms with Crippen molar-refractivity contribution in [2.75, 3.05) is 0 Å². The van der Waals surface area contributed by atoms with Gasteiger partial charge in [-0.3, -0.25) is 0 Å². The minimum Gasteiger partial charge on any atom is -0.550 e. The quantitative estimate of drug-likeness (QED) is 0.748. The first-order chi connectivity index (χ1) is 7.92. The van der Waals surface area contributed by atoms with Crippen LogP contribution in [0.15, 0.2) is 18.7 Å². The van der Waals surface area contributed by atoms with Crippen molar-refractivity contribution in [1.82, 2.24) is 4.57 Å². The predicted octanol–water partition coefficient (Wildman–Crippen LogP) is 1.47. The summed E-state index contributed by atoms with van der Waals surface area (Å²) >= 11 is 0. The number of carboxylic acid groups (broad SMARTS) is 1. The molecule has 1 rings (SSSR count). The minimum absolute atomic E-state index is 0.616. The highest BCUT2D eigenvalue weighted by molar-refractivity contribution is 5.60. The fraction of sp³-hybridized carbons (Fsp3) is 0.692. The molecule has 2 atom stereocenters. The van der Waals surface area contributed by atoms with E-state index in [0.717, 1.165) is 6.92 Å². The van der Waals surface area contributed by atoms with Crippen LogP contribution in [0.4, 0.5) is 0 Å². The second kappa shape index (κ2) is 7.87. The van der Waals surface area contributed by atoms with E-state index in [-0.39, 0.29) is 0 Å². The van der Waals surface area contributed by atoms with Gasteiger partial charge in [0.1, 0.15) is 12.4 Å². The van der Waals surface area contributed by atoms with Gasteiger partial charge in [-0.05, 0) is 33.6 Å². The van der Waals surface area contributed by atoms with Crippen LogP contribution in [-0.4, -0.2) is 10.5 Å². The van der Waals surface area contributed by atoms with E-state index >= 15 is 0 Å². The molecule has 4 heteroatoms. The molecule has 0 aromatic carbocycles. The Morgan fingerprint density at radius 2 is 1.88 bits per heavy atom. The molecular formula is C13H24N2O2. The summed E-state index contributed by atoms with van der Waals surface area (Å²) in [6.07, 6.45) is 8.92. The summed E-state index contributed by atoms with van der Waals surface area (Å²) in [6, 6.07) is 1.23. The Kier molecular flexibility index (Phi) is 7.26. The number of carbonyl (C=O) groups is 1. The summed E-state index contributed by atoms with van der Waals surface area (Å²) in [6.45, 7) is 9.92. The molecule has 98 valence electrons. The molecule has 0 amide bonds. The Labute approximate surface area is 104 Å². The number of hydrogen-bond donors (Lipinski definition) is 0. The normalized spacial score (nSPS) is 13.5. The van der Waals surface area contributed by atoms with Gasteiger partial charge >= 0.3 is 0 Å². The lowest BCUT2D eigenvalue weighted by atomic mass is 10.2. The fourth-order valence-electron chi connectivity index (χ4n) is 1.33. The molecule has 0 saturated carbocycles. The topological polar surface area (TPSA) is 48.9 Å². The Morgan fingerprint density at radius 3 is 2.29 bits per heavy atom. The van der Waals surface area contributed by atoms with Gasteiger partial charge in [0, 0.05) is 5.97 Å². The SMILES string of the molecule is CC(=O)[O-].CCC(C)n1cc[n+](C(C)CC)c1. The summed E-state index contributed by atoms with van der Waals surface area (Å²) in [5.74, 6) is -1.08. The molecular weight excluding hydrogens is 216 g/mol. The molecule has 0 N–H and O–H groups in total. The van der Waals surface area contributed by atoms with Gasteiger partial charge in [0.05, 0.1) is 12.1 Å². The Hall–Kier alpha value is -1.32. The molecule has 2 unspecified atom stereocenters. The number of nitrogens with zero attached hydrogens (tertiary/aromatic N) is 2. The number of imidazole rings is 1. The third-order valence-electron chi connectivity index (χ3n) is 2.88. The average molecular weight is 240 g/mol. The number of aromatic nitrogens is 2. The molecule has 4 nitrogen and oxygen atoms in total. The van der Waals surface area contributed by atoms with Crippen molar-refractivity contribution in [3.63, 3.8) is 0 Å². The third-order valence-corrected chi connectivity index (χ3v) is 2.88. The second-order valence-electron chi connectivity index (χ2n) is 4.31. The molecule has 17 heavy (non-hydrogen) atoms. The standard InChI is InChI=1S/C11H21N2.C2H4O2/c1-5-10(3)12-7-8-13(9-12)11(4)6-2;1-2(3)4/h7-11H,5-6H2,1-4H3;1H3,(H,3,4)/q+1;/p-1. The molecule has 0 aliphatic carbocycles. The van der Waals surface area contributed by atoms with Crippen molar-refractivity contribution < 1.29 is 14.5 Å². The first kappa shape index (κ1) is 15.7. The maximum Gasteiger partial charge on any atom is 0.244 e. The van der Waals surface area contributed by atoms with Gasteiger partial charge in [0.25, 0.3) is 0 Å². The van der Waals surface area contributed by atoms with Gasteiger partial charge in [-0.1, -0.05) is 13.8 Å². The van der Waals surface area contributed by atoms with E-state index in [0.29, 0.717) is 12.1 Å². The van der Waals surface area contributed by atoms with E-state index in [1.54, 1.807) is 0 Å². The number of aliphatic carboxylic acids is 1. The number of rotatable bonds is 4. The van der Waals surface area contributed by atoms with Crippen molar-refractivity contribution >= 4 is 5.97 Å². The number of carboxylic acids is 1. The Bertz CT molecular complexity index is 305. The Balaban J connectivity index is 0.000000557. The van der Waals surface area contributed by atoms with Crippen LogP contribution in [0.3, 0.4) is 0 Å². The lowest BCUT2D eigenvalue weighted by molar-refractivity contribution is -0.719. The summed E-state index contributed by atoms with van der Waals surface area (Å²) in [5.41, 5.74) is 0. The van der Waals surface area contributed by atoms with Gasteiger partial charge in [-0.2, -0.15) is 0 Å². The van der Waals surface area contributed by atoms with Crippen molar-refractivity contribution in [3.05, 3.63) is 18.7 Å². The van der Waals surface area contributed by atoms with Crippen molar-refractivity contribution in [3.8, 4) is 0 Å². The number of carbonyl (C=O) groups excluding carboxylic acids is 1. The number of hydrogen-bond acceptors (Lipinski definition) is 2. The largest absolute Gasteiger partial charge is 0.550 e. The highest BCUT2D eigenvalue weighted by atomic mass is 16.4. The molecule has 0 fully saturated rings. The first-order valence-corrected chi connectivity index (χ1v) is 6.18. The molecule has 0 radical (unpaired) electrons. The fourth-order valence-corrected chi connectivity index (χ4v) is 1.33. The smallest absolute Gasteiger partial charge is 0.244 e. The molecule has 0 bridgehead atoms. The summed E-state index contributed by atoms with van der Waals surface area (Å²) in [4.78, 5) is 8.89. The molecule has 0 saturated heterocycles. The summed E-state index contributed by atoms with van der Waals surface area (Å²) in [5, 5.41) is 8.89. The maximum atomic E-state index is 8.89. The van der Waals surface area contributed by atoms with Gasteiger partial charge in [-0.15, -0.1) is 0 Å². The van der Waals surface area contributed by atoms with Crippen LogP contribution in [0.5, 0.6) is 0 Å². The van der Waals surface area contributed by atoms with Crippen molar-refractivity contribution in [2.24, 2.45) is 0 Å². The zero-order chi connectivity index (χ0) is 13.4. The van der Waals surface area contributed by atoms with E-state index in [9.17, 15) is 0 Å². The molecule has 0 spiro atoms. The third kappa shape index (κ3) is 6.09. The van der Waals surface area contributed by atoms with Crippen molar-refractivity contribution in [2.45, 2.75) is 59.5 Å². The van der Waals surface area contributed by atoms with Gasteiger partial charge in [0.2, 0.25) is 6.33 Å². The molecule has 0 aliphatic rings. The minimum atomic E-state index is -1.08. The monoisotopic (exact) mass is 240 g/mol. The summed E-state index contributed by atoms with van der Waals surface area (Å²) in [7, 11) is 0. The van der Waals surface area contributed by atoms with E-state index < -0.39 is 5.97 Å².